The minimum absolute atomic E-state index is 0.0303. The average Bonchev–Trinajstić information content (AvgIpc) is 2.54. The van der Waals surface area contributed by atoms with Gasteiger partial charge in [-0.05, 0) is 17.7 Å². The number of rotatable bonds is 7. The Balaban J connectivity index is 1.88. The predicted octanol–water partition coefficient (Wildman–Crippen LogP) is 1.91. The highest BCUT2D eigenvalue weighted by molar-refractivity contribution is 5.86. The van der Waals surface area contributed by atoms with E-state index in [1.165, 1.54) is 0 Å². The molecule has 0 spiro atoms. The van der Waals surface area contributed by atoms with E-state index in [1.54, 1.807) is 0 Å². The fourth-order valence-corrected chi connectivity index (χ4v) is 2.03. The van der Waals surface area contributed by atoms with Crippen LogP contribution in [0.2, 0.25) is 0 Å². The molecule has 0 bridgehead atoms. The van der Waals surface area contributed by atoms with Gasteiger partial charge in [-0.25, -0.2) is 4.79 Å². The Morgan fingerprint density at radius 1 is 0.955 bits per heavy atom. The van der Waals surface area contributed by atoms with Gasteiger partial charge in [-0.3, -0.25) is 4.79 Å². The fourth-order valence-electron chi connectivity index (χ4n) is 2.03. The number of para-hydroxylation sites is 1. The first-order valence-corrected chi connectivity index (χ1v) is 7.00. The molecule has 0 unspecified atom stereocenters. The predicted molar refractivity (Wildman–Crippen MR) is 84.6 cm³/mol. The number of carboxylic acids is 1. The maximum Gasteiger partial charge on any atom is 0.326 e. The van der Waals surface area contributed by atoms with Crippen LogP contribution in [-0.2, 0) is 16.0 Å². The summed E-state index contributed by atoms with van der Waals surface area (Å²) in [7, 11) is 0. The van der Waals surface area contributed by atoms with Gasteiger partial charge in [0, 0.05) is 12.1 Å². The molecule has 0 fully saturated rings. The minimum Gasteiger partial charge on any atom is -0.480 e. The van der Waals surface area contributed by atoms with Crippen LogP contribution in [0, 0.1) is 0 Å². The molecule has 0 aliphatic heterocycles. The highest BCUT2D eigenvalue weighted by atomic mass is 16.4. The number of hydrogen-bond donors (Lipinski definition) is 3. The SMILES string of the molecule is O=C(CNc1ccccc1)N[C@@H](Cc1ccccc1)C(=O)O. The molecular formula is C17H18N2O3. The second-order valence-electron chi connectivity index (χ2n) is 4.87. The molecule has 22 heavy (non-hydrogen) atoms. The van der Waals surface area contributed by atoms with E-state index in [4.69, 9.17) is 0 Å². The Morgan fingerprint density at radius 2 is 1.55 bits per heavy atom. The van der Waals surface area contributed by atoms with E-state index in [1.807, 2.05) is 60.7 Å². The molecular weight excluding hydrogens is 280 g/mol. The first-order valence-electron chi connectivity index (χ1n) is 7.00. The van der Waals surface area contributed by atoms with Gasteiger partial charge in [-0.1, -0.05) is 48.5 Å². The number of hydrogen-bond acceptors (Lipinski definition) is 3. The van der Waals surface area contributed by atoms with Crippen molar-refractivity contribution in [2.45, 2.75) is 12.5 Å². The number of carbonyl (C=O) groups is 2. The van der Waals surface area contributed by atoms with E-state index in [-0.39, 0.29) is 18.9 Å². The standard InChI is InChI=1S/C17H18N2O3/c20-16(12-18-14-9-5-2-6-10-14)19-15(17(21)22)11-13-7-3-1-4-8-13/h1-10,15,18H,11-12H2,(H,19,20)(H,21,22)/t15-/m0/s1. The summed E-state index contributed by atoms with van der Waals surface area (Å²) in [5, 5.41) is 14.7. The quantitative estimate of drug-likeness (QED) is 0.729. The Bertz CT molecular complexity index is 614. The zero-order chi connectivity index (χ0) is 15.8. The van der Waals surface area contributed by atoms with Crippen LogP contribution >= 0.6 is 0 Å². The zero-order valence-corrected chi connectivity index (χ0v) is 12.0. The summed E-state index contributed by atoms with van der Waals surface area (Å²) in [6.45, 7) is 0.0303. The zero-order valence-electron chi connectivity index (χ0n) is 12.0. The lowest BCUT2D eigenvalue weighted by molar-refractivity contribution is -0.141. The summed E-state index contributed by atoms with van der Waals surface area (Å²) >= 11 is 0. The van der Waals surface area contributed by atoms with Crippen molar-refractivity contribution in [2.24, 2.45) is 0 Å². The van der Waals surface area contributed by atoms with Gasteiger partial charge in [0.2, 0.25) is 5.91 Å². The van der Waals surface area contributed by atoms with Gasteiger partial charge in [0.05, 0.1) is 6.54 Å². The molecule has 114 valence electrons. The molecule has 1 atom stereocenters. The molecule has 0 radical (unpaired) electrons. The highest BCUT2D eigenvalue weighted by Crippen LogP contribution is 2.05. The number of amides is 1. The van der Waals surface area contributed by atoms with E-state index in [2.05, 4.69) is 10.6 Å². The van der Waals surface area contributed by atoms with Gasteiger partial charge in [0.1, 0.15) is 6.04 Å². The van der Waals surface area contributed by atoms with Crippen LogP contribution in [-0.4, -0.2) is 29.6 Å². The third-order valence-electron chi connectivity index (χ3n) is 3.14. The van der Waals surface area contributed by atoms with E-state index in [0.29, 0.717) is 0 Å². The van der Waals surface area contributed by atoms with Crippen molar-refractivity contribution in [3.05, 3.63) is 66.2 Å². The van der Waals surface area contributed by atoms with Crippen LogP contribution < -0.4 is 10.6 Å². The first-order chi connectivity index (χ1) is 10.6. The second-order valence-corrected chi connectivity index (χ2v) is 4.87. The number of carbonyl (C=O) groups excluding carboxylic acids is 1. The Kier molecular flexibility index (Phi) is 5.54. The molecule has 1 amide bonds. The number of benzene rings is 2. The number of nitrogens with one attached hydrogen (secondary N) is 2. The smallest absolute Gasteiger partial charge is 0.326 e. The Hall–Kier alpha value is -2.82. The highest BCUT2D eigenvalue weighted by Gasteiger charge is 2.20. The molecule has 5 heteroatoms. The lowest BCUT2D eigenvalue weighted by Crippen LogP contribution is -2.44. The average molecular weight is 298 g/mol. The van der Waals surface area contributed by atoms with Crippen molar-refractivity contribution in [1.29, 1.82) is 0 Å². The summed E-state index contributed by atoms with van der Waals surface area (Å²) in [4.78, 5) is 23.2. The van der Waals surface area contributed by atoms with Crippen LogP contribution in [0.1, 0.15) is 5.56 Å². The fraction of sp³-hybridized carbons (Fsp3) is 0.176. The molecule has 0 heterocycles. The number of carboxylic acid groups (broad SMARTS) is 1. The number of anilines is 1. The van der Waals surface area contributed by atoms with Crippen LogP contribution in [0.4, 0.5) is 5.69 Å². The van der Waals surface area contributed by atoms with Crippen LogP contribution in [0.5, 0.6) is 0 Å². The van der Waals surface area contributed by atoms with Crippen LogP contribution in [0.25, 0.3) is 0 Å². The van der Waals surface area contributed by atoms with Gasteiger partial charge in [0.15, 0.2) is 0 Å². The van der Waals surface area contributed by atoms with Crippen LogP contribution in [0.3, 0.4) is 0 Å². The van der Waals surface area contributed by atoms with E-state index in [0.717, 1.165) is 11.3 Å². The third kappa shape index (κ3) is 4.94. The topological polar surface area (TPSA) is 78.4 Å². The molecule has 0 aliphatic carbocycles. The maximum absolute atomic E-state index is 11.9. The largest absolute Gasteiger partial charge is 0.480 e. The molecule has 0 saturated carbocycles. The lowest BCUT2D eigenvalue weighted by atomic mass is 10.1. The Labute approximate surface area is 129 Å². The normalized spacial score (nSPS) is 11.5. The van der Waals surface area contributed by atoms with Gasteiger partial charge >= 0.3 is 5.97 Å². The minimum atomic E-state index is -1.04. The molecule has 5 nitrogen and oxygen atoms in total. The van der Waals surface area contributed by atoms with Gasteiger partial charge in [0.25, 0.3) is 0 Å². The first kappa shape index (κ1) is 15.6. The second kappa shape index (κ2) is 7.83. The van der Waals surface area contributed by atoms with E-state index in [9.17, 15) is 14.7 Å². The molecule has 0 aliphatic rings. The van der Waals surface area contributed by atoms with Crippen molar-refractivity contribution in [1.82, 2.24) is 5.32 Å². The molecule has 0 aromatic heterocycles. The van der Waals surface area contributed by atoms with Crippen molar-refractivity contribution < 1.29 is 14.7 Å². The third-order valence-corrected chi connectivity index (χ3v) is 3.14. The summed E-state index contributed by atoms with van der Waals surface area (Å²) in [6.07, 6.45) is 0.257. The molecule has 3 N–H and O–H groups in total. The molecule has 2 aromatic carbocycles. The van der Waals surface area contributed by atoms with Gasteiger partial charge < -0.3 is 15.7 Å². The molecule has 2 aromatic rings. The Morgan fingerprint density at radius 3 is 2.14 bits per heavy atom. The van der Waals surface area contributed by atoms with Crippen molar-refractivity contribution in [2.75, 3.05) is 11.9 Å². The van der Waals surface area contributed by atoms with Crippen molar-refractivity contribution in [3.8, 4) is 0 Å². The maximum atomic E-state index is 11.9. The summed E-state index contributed by atoms with van der Waals surface area (Å²) in [6, 6.07) is 17.6. The van der Waals surface area contributed by atoms with E-state index >= 15 is 0 Å². The lowest BCUT2D eigenvalue weighted by Gasteiger charge is -2.15. The summed E-state index contributed by atoms with van der Waals surface area (Å²) in [5.41, 5.74) is 1.68. The summed E-state index contributed by atoms with van der Waals surface area (Å²) in [5.74, 6) is -1.40. The van der Waals surface area contributed by atoms with Crippen molar-refractivity contribution in [3.63, 3.8) is 0 Å². The molecule has 0 saturated heterocycles. The van der Waals surface area contributed by atoms with Gasteiger partial charge in [-0.2, -0.15) is 0 Å². The van der Waals surface area contributed by atoms with Gasteiger partial charge in [-0.15, -0.1) is 0 Å². The monoisotopic (exact) mass is 298 g/mol. The summed E-state index contributed by atoms with van der Waals surface area (Å²) < 4.78 is 0. The van der Waals surface area contributed by atoms with Crippen molar-refractivity contribution >= 4 is 17.6 Å². The molecule has 2 rings (SSSR count). The van der Waals surface area contributed by atoms with E-state index < -0.39 is 12.0 Å². The van der Waals surface area contributed by atoms with Crippen LogP contribution in [0.15, 0.2) is 60.7 Å². The number of aliphatic carboxylic acids is 1.